The Morgan fingerprint density at radius 3 is 2.96 bits per heavy atom. The second-order valence-corrected chi connectivity index (χ2v) is 4.53. The van der Waals surface area contributed by atoms with E-state index in [0.717, 1.165) is 5.39 Å². The summed E-state index contributed by atoms with van der Waals surface area (Å²) in [4.78, 5) is 26.7. The van der Waals surface area contributed by atoms with Crippen LogP contribution in [-0.4, -0.2) is 51.2 Å². The molecule has 1 amide bonds. The number of fused-ring (bicyclic) bond motifs is 1. The number of aromatic nitrogens is 5. The predicted molar refractivity (Wildman–Crippen MR) is 81.4 cm³/mol. The first-order chi connectivity index (χ1) is 11.8. The lowest BCUT2D eigenvalue weighted by molar-refractivity contribution is -0.129. The van der Waals surface area contributed by atoms with Crippen LogP contribution < -0.4 is 10.1 Å². The van der Waals surface area contributed by atoms with E-state index in [1.54, 1.807) is 12.1 Å². The van der Waals surface area contributed by atoms with Crippen molar-refractivity contribution in [2.45, 2.75) is 0 Å². The van der Waals surface area contributed by atoms with Gasteiger partial charge in [-0.2, -0.15) is 5.21 Å². The third kappa shape index (κ3) is 3.43. The van der Waals surface area contributed by atoms with Crippen LogP contribution in [0.2, 0.25) is 0 Å². The Hall–Kier alpha value is -3.56. The summed E-state index contributed by atoms with van der Waals surface area (Å²) in [6.07, 6.45) is 0. The zero-order chi connectivity index (χ0) is 16.8. The van der Waals surface area contributed by atoms with Crippen LogP contribution in [0.1, 0.15) is 10.5 Å². The molecule has 2 aromatic heterocycles. The predicted octanol–water partition coefficient (Wildman–Crippen LogP) is 0.552. The maximum atomic E-state index is 12.3. The van der Waals surface area contributed by atoms with Crippen molar-refractivity contribution in [3.05, 3.63) is 36.0 Å². The molecule has 24 heavy (non-hydrogen) atoms. The number of H-pyrrole nitrogens is 1. The van der Waals surface area contributed by atoms with Crippen molar-refractivity contribution in [2.75, 3.05) is 18.5 Å². The summed E-state index contributed by atoms with van der Waals surface area (Å²) in [5.74, 6) is -0.0127. The van der Waals surface area contributed by atoms with Gasteiger partial charge >= 0.3 is 0 Å². The van der Waals surface area contributed by atoms with Gasteiger partial charge in [0.15, 0.2) is 0 Å². The number of nitrogens with zero attached hydrogens (tertiary/aromatic N) is 4. The van der Waals surface area contributed by atoms with Crippen LogP contribution in [0.15, 0.2) is 30.3 Å². The molecule has 1 aromatic carbocycles. The van der Waals surface area contributed by atoms with E-state index in [1.165, 1.54) is 6.07 Å². The van der Waals surface area contributed by atoms with Gasteiger partial charge in [-0.25, -0.2) is 4.98 Å². The summed E-state index contributed by atoms with van der Waals surface area (Å²) >= 11 is 0. The van der Waals surface area contributed by atoms with Gasteiger partial charge in [0.25, 0.3) is 18.3 Å². The number of para-hydroxylation sites is 1. The van der Waals surface area contributed by atoms with Gasteiger partial charge in [-0.05, 0) is 17.3 Å². The third-order valence-electron chi connectivity index (χ3n) is 3.01. The number of amides is 1. The van der Waals surface area contributed by atoms with Crippen LogP contribution in [0.5, 0.6) is 5.75 Å². The average molecular weight is 328 g/mol. The minimum absolute atomic E-state index is 0.0387. The van der Waals surface area contributed by atoms with E-state index in [0.29, 0.717) is 17.7 Å². The molecule has 0 radical (unpaired) electrons. The number of carbonyl (C=O) groups excluding carboxylic acids is 2. The van der Waals surface area contributed by atoms with E-state index in [2.05, 4.69) is 35.7 Å². The van der Waals surface area contributed by atoms with E-state index < -0.39 is 5.91 Å². The molecule has 10 heteroatoms. The molecule has 3 rings (SSSR count). The fourth-order valence-corrected chi connectivity index (χ4v) is 2.01. The molecule has 0 bridgehead atoms. The first-order valence-electron chi connectivity index (χ1n) is 6.90. The van der Waals surface area contributed by atoms with Gasteiger partial charge in [0.2, 0.25) is 0 Å². The number of anilines is 1. The van der Waals surface area contributed by atoms with Crippen LogP contribution in [0.25, 0.3) is 10.9 Å². The molecule has 0 fully saturated rings. The van der Waals surface area contributed by atoms with Crippen molar-refractivity contribution in [1.82, 2.24) is 25.6 Å². The van der Waals surface area contributed by atoms with Crippen molar-refractivity contribution in [3.63, 3.8) is 0 Å². The molecule has 0 aliphatic rings. The number of rotatable bonds is 7. The van der Waals surface area contributed by atoms with Crippen molar-refractivity contribution in [1.29, 1.82) is 0 Å². The van der Waals surface area contributed by atoms with Crippen molar-refractivity contribution >= 4 is 29.2 Å². The quantitative estimate of drug-likeness (QED) is 0.475. The number of carbonyl (C=O) groups is 2. The Kier molecular flexibility index (Phi) is 4.56. The monoisotopic (exact) mass is 328 g/mol. The highest BCUT2D eigenvalue weighted by molar-refractivity contribution is 6.04. The minimum atomic E-state index is -0.504. The second kappa shape index (κ2) is 7.13. The largest absolute Gasteiger partial charge is 0.489 e. The van der Waals surface area contributed by atoms with Gasteiger partial charge < -0.3 is 9.47 Å². The van der Waals surface area contributed by atoms with Crippen LogP contribution in [0.3, 0.4) is 0 Å². The van der Waals surface area contributed by atoms with E-state index in [-0.39, 0.29) is 24.9 Å². The normalized spacial score (nSPS) is 10.3. The SMILES string of the molecule is O=COCCOc1cc(C(=O)Nc2nn[nH]n2)nc2ccccc12. The molecule has 0 saturated heterocycles. The summed E-state index contributed by atoms with van der Waals surface area (Å²) in [5.41, 5.74) is 0.717. The molecular weight excluding hydrogens is 316 g/mol. The van der Waals surface area contributed by atoms with E-state index in [9.17, 15) is 9.59 Å². The topological polar surface area (TPSA) is 132 Å². The Morgan fingerprint density at radius 1 is 1.29 bits per heavy atom. The lowest BCUT2D eigenvalue weighted by atomic mass is 10.1. The van der Waals surface area contributed by atoms with Crippen molar-refractivity contribution < 1.29 is 19.1 Å². The number of nitrogens with one attached hydrogen (secondary N) is 2. The minimum Gasteiger partial charge on any atom is -0.489 e. The zero-order valence-corrected chi connectivity index (χ0v) is 12.3. The first kappa shape index (κ1) is 15.3. The molecule has 10 nitrogen and oxygen atoms in total. The fourth-order valence-electron chi connectivity index (χ4n) is 2.01. The number of aromatic amines is 1. The van der Waals surface area contributed by atoms with Crippen molar-refractivity contribution in [2.24, 2.45) is 0 Å². The molecular formula is C14H12N6O4. The molecule has 3 aromatic rings. The zero-order valence-electron chi connectivity index (χ0n) is 12.3. The summed E-state index contributed by atoms with van der Waals surface area (Å²) < 4.78 is 10.2. The number of benzene rings is 1. The van der Waals surface area contributed by atoms with Crippen LogP contribution in [-0.2, 0) is 9.53 Å². The fraction of sp³-hybridized carbons (Fsp3) is 0.143. The lowest BCUT2D eigenvalue weighted by Crippen LogP contribution is -2.15. The van der Waals surface area contributed by atoms with Gasteiger partial charge in [-0.15, -0.1) is 5.10 Å². The molecule has 0 atom stereocenters. The Bertz CT molecular complexity index is 852. The molecule has 0 unspecified atom stereocenters. The molecule has 122 valence electrons. The Balaban J connectivity index is 1.87. The average Bonchev–Trinajstić information content (AvgIpc) is 3.11. The molecule has 0 saturated carbocycles. The standard InChI is InChI=1S/C14H12N6O4/c21-8-23-5-6-24-12-7-11(13(22)16-14-17-19-20-18-14)15-10-4-2-1-3-9(10)12/h1-4,7-8H,5-6H2,(H2,16,17,18,19,20,22). The van der Waals surface area contributed by atoms with Gasteiger partial charge in [-0.1, -0.05) is 17.2 Å². The molecule has 0 spiro atoms. The maximum absolute atomic E-state index is 12.3. The lowest BCUT2D eigenvalue weighted by Gasteiger charge is -2.10. The number of hydrogen-bond acceptors (Lipinski definition) is 8. The van der Waals surface area contributed by atoms with E-state index in [4.69, 9.17) is 4.74 Å². The Morgan fingerprint density at radius 2 is 2.17 bits per heavy atom. The second-order valence-electron chi connectivity index (χ2n) is 4.53. The smallest absolute Gasteiger partial charge is 0.293 e. The maximum Gasteiger partial charge on any atom is 0.293 e. The van der Waals surface area contributed by atoms with E-state index in [1.807, 2.05) is 12.1 Å². The molecule has 2 N–H and O–H groups in total. The summed E-state index contributed by atoms with van der Waals surface area (Å²) in [5, 5.41) is 16.1. The van der Waals surface area contributed by atoms with Gasteiger partial charge in [0, 0.05) is 11.5 Å². The van der Waals surface area contributed by atoms with Crippen LogP contribution in [0.4, 0.5) is 5.95 Å². The highest BCUT2D eigenvalue weighted by atomic mass is 16.5. The van der Waals surface area contributed by atoms with Gasteiger partial charge in [-0.3, -0.25) is 14.9 Å². The summed E-state index contributed by atoms with van der Waals surface area (Å²) in [6.45, 7) is 0.598. The number of ether oxygens (including phenoxy) is 2. The number of pyridine rings is 1. The molecule has 0 aliphatic heterocycles. The number of tetrazole rings is 1. The summed E-state index contributed by atoms with van der Waals surface area (Å²) in [6, 6.07) is 8.71. The van der Waals surface area contributed by atoms with Gasteiger partial charge in [0.05, 0.1) is 5.52 Å². The van der Waals surface area contributed by atoms with E-state index >= 15 is 0 Å². The first-order valence-corrected chi connectivity index (χ1v) is 6.90. The summed E-state index contributed by atoms with van der Waals surface area (Å²) in [7, 11) is 0. The Labute approximate surface area is 135 Å². The van der Waals surface area contributed by atoms with Crippen LogP contribution >= 0.6 is 0 Å². The van der Waals surface area contributed by atoms with Crippen LogP contribution in [0, 0.1) is 0 Å². The van der Waals surface area contributed by atoms with Gasteiger partial charge in [0.1, 0.15) is 24.7 Å². The highest BCUT2D eigenvalue weighted by Crippen LogP contribution is 2.25. The third-order valence-corrected chi connectivity index (χ3v) is 3.01. The number of hydrogen-bond donors (Lipinski definition) is 2. The molecule has 0 aliphatic carbocycles. The van der Waals surface area contributed by atoms with Crippen molar-refractivity contribution in [3.8, 4) is 5.75 Å². The highest BCUT2D eigenvalue weighted by Gasteiger charge is 2.14. The molecule has 2 heterocycles.